The maximum Gasteiger partial charge on any atom is 0.164 e. The minimum atomic E-state index is 0.848. The van der Waals surface area contributed by atoms with Crippen molar-refractivity contribution in [3.8, 4) is 44.8 Å². The van der Waals surface area contributed by atoms with Crippen LogP contribution < -0.4 is 0 Å². The van der Waals surface area contributed by atoms with E-state index in [1.54, 1.807) is 0 Å². The largest absolute Gasteiger partial charge is 0.280 e. The summed E-state index contributed by atoms with van der Waals surface area (Å²) in [5, 5.41) is 0. The standard InChI is InChI=1S/C38H28N6/c1-25-41-33-19-11-23-39-37(33)43(25)35-21-9-7-17-31(35)29-15-5-3-13-27(29)28-14-4-6-16-30(28)32-18-8-10-22-36(32)44-26(2)42-34-20-12-24-40-38(34)44/h3-24H,1-2H3. The minimum Gasteiger partial charge on any atom is -0.280 e. The molecule has 0 aliphatic heterocycles. The van der Waals surface area contributed by atoms with Crippen LogP contribution in [0, 0.1) is 13.8 Å². The van der Waals surface area contributed by atoms with E-state index in [4.69, 9.17) is 19.9 Å². The monoisotopic (exact) mass is 568 g/mol. The fraction of sp³-hybridized carbons (Fsp3) is 0.0526. The van der Waals surface area contributed by atoms with Gasteiger partial charge in [0.25, 0.3) is 0 Å². The molecule has 0 saturated heterocycles. The maximum atomic E-state index is 4.81. The van der Waals surface area contributed by atoms with E-state index < -0.39 is 0 Å². The van der Waals surface area contributed by atoms with Crippen LogP contribution in [0.5, 0.6) is 0 Å². The number of hydrogen-bond donors (Lipinski definition) is 0. The molecule has 4 heterocycles. The Morgan fingerprint density at radius 2 is 0.727 bits per heavy atom. The van der Waals surface area contributed by atoms with E-state index in [-0.39, 0.29) is 0 Å². The van der Waals surface area contributed by atoms with E-state index >= 15 is 0 Å². The van der Waals surface area contributed by atoms with Crippen molar-refractivity contribution in [2.45, 2.75) is 13.8 Å². The molecular formula is C38H28N6. The molecular weight excluding hydrogens is 540 g/mol. The highest BCUT2D eigenvalue weighted by molar-refractivity contribution is 5.95. The Labute approximate surface area is 255 Å². The van der Waals surface area contributed by atoms with Gasteiger partial charge < -0.3 is 0 Å². The third-order valence-corrected chi connectivity index (χ3v) is 8.18. The lowest BCUT2D eigenvalue weighted by molar-refractivity contribution is 0.988. The van der Waals surface area contributed by atoms with Crippen LogP contribution in [0.2, 0.25) is 0 Å². The average Bonchev–Trinajstić information content (AvgIpc) is 3.59. The van der Waals surface area contributed by atoms with Gasteiger partial charge in [0.1, 0.15) is 22.7 Å². The number of pyridine rings is 2. The van der Waals surface area contributed by atoms with Crippen LogP contribution >= 0.6 is 0 Å². The van der Waals surface area contributed by atoms with Gasteiger partial charge in [-0.2, -0.15) is 0 Å². The van der Waals surface area contributed by atoms with E-state index in [9.17, 15) is 0 Å². The van der Waals surface area contributed by atoms with Crippen molar-refractivity contribution < 1.29 is 0 Å². The van der Waals surface area contributed by atoms with Gasteiger partial charge in [-0.1, -0.05) is 84.9 Å². The molecule has 0 unspecified atom stereocenters. The Hall–Kier alpha value is -5.88. The van der Waals surface area contributed by atoms with Crippen molar-refractivity contribution >= 4 is 22.3 Å². The number of benzene rings is 4. The topological polar surface area (TPSA) is 61.4 Å². The summed E-state index contributed by atoms with van der Waals surface area (Å²) >= 11 is 0. The first-order valence-corrected chi connectivity index (χ1v) is 14.7. The van der Waals surface area contributed by atoms with Gasteiger partial charge in [-0.15, -0.1) is 0 Å². The van der Waals surface area contributed by atoms with Crippen LogP contribution in [-0.4, -0.2) is 29.1 Å². The third-order valence-electron chi connectivity index (χ3n) is 8.18. The summed E-state index contributed by atoms with van der Waals surface area (Å²) in [4.78, 5) is 19.0. The Morgan fingerprint density at radius 3 is 1.14 bits per heavy atom. The van der Waals surface area contributed by atoms with Crippen molar-refractivity contribution in [2.24, 2.45) is 0 Å². The van der Waals surface area contributed by atoms with Gasteiger partial charge >= 0.3 is 0 Å². The fourth-order valence-electron chi connectivity index (χ4n) is 6.33. The first-order valence-electron chi connectivity index (χ1n) is 14.7. The van der Waals surface area contributed by atoms with E-state index in [1.165, 1.54) is 0 Å². The summed E-state index contributed by atoms with van der Waals surface area (Å²) in [6, 6.07) is 42.2. The number of nitrogens with zero attached hydrogens (tertiary/aromatic N) is 6. The molecule has 0 N–H and O–H groups in total. The van der Waals surface area contributed by atoms with Crippen LogP contribution in [-0.2, 0) is 0 Å². The third kappa shape index (κ3) is 4.11. The van der Waals surface area contributed by atoms with Crippen molar-refractivity contribution in [1.29, 1.82) is 0 Å². The molecule has 0 spiro atoms. The van der Waals surface area contributed by atoms with Gasteiger partial charge in [0.15, 0.2) is 11.3 Å². The number of imidazole rings is 2. The lowest BCUT2D eigenvalue weighted by atomic mass is 9.88. The predicted molar refractivity (Wildman–Crippen MR) is 177 cm³/mol. The van der Waals surface area contributed by atoms with Crippen LogP contribution in [0.1, 0.15) is 11.6 Å². The summed E-state index contributed by atoms with van der Waals surface area (Å²) in [6.07, 6.45) is 3.65. The highest BCUT2D eigenvalue weighted by Crippen LogP contribution is 2.42. The molecule has 0 aliphatic rings. The minimum absolute atomic E-state index is 0.848. The Bertz CT molecular complexity index is 2160. The van der Waals surface area contributed by atoms with Gasteiger partial charge in [-0.25, -0.2) is 19.9 Å². The molecule has 8 aromatic rings. The summed E-state index contributed by atoms with van der Waals surface area (Å²) in [6.45, 7) is 4.07. The zero-order valence-electron chi connectivity index (χ0n) is 24.4. The quantitative estimate of drug-likeness (QED) is 0.208. The number of fused-ring (bicyclic) bond motifs is 2. The zero-order valence-corrected chi connectivity index (χ0v) is 24.4. The maximum absolute atomic E-state index is 4.81. The molecule has 4 aromatic carbocycles. The van der Waals surface area contributed by atoms with E-state index in [0.717, 1.165) is 78.7 Å². The van der Waals surface area contributed by atoms with Gasteiger partial charge in [-0.05, 0) is 72.5 Å². The van der Waals surface area contributed by atoms with Crippen molar-refractivity contribution in [2.75, 3.05) is 0 Å². The van der Waals surface area contributed by atoms with E-state index in [0.29, 0.717) is 0 Å². The number of para-hydroxylation sites is 2. The molecule has 0 radical (unpaired) electrons. The molecule has 6 heteroatoms. The van der Waals surface area contributed by atoms with Gasteiger partial charge in [0.2, 0.25) is 0 Å². The lowest BCUT2D eigenvalue weighted by Gasteiger charge is -2.19. The number of aromatic nitrogens is 6. The molecule has 0 amide bonds. The SMILES string of the molecule is Cc1nc2cccnc2n1-c1ccccc1-c1ccccc1-c1ccccc1-c1ccccc1-n1c(C)nc2cccnc21. The number of aryl methyl sites for hydroxylation is 2. The lowest BCUT2D eigenvalue weighted by Crippen LogP contribution is -2.02. The van der Waals surface area contributed by atoms with Crippen molar-refractivity contribution in [3.05, 3.63) is 145 Å². The Balaban J connectivity index is 1.35. The number of hydrogen-bond acceptors (Lipinski definition) is 4. The van der Waals surface area contributed by atoms with Crippen LogP contribution in [0.25, 0.3) is 67.1 Å². The second-order valence-corrected chi connectivity index (χ2v) is 10.8. The molecule has 210 valence electrons. The molecule has 0 aliphatic carbocycles. The molecule has 0 saturated carbocycles. The van der Waals surface area contributed by atoms with Crippen LogP contribution in [0.15, 0.2) is 134 Å². The first kappa shape index (κ1) is 25.8. The molecule has 44 heavy (non-hydrogen) atoms. The molecule has 6 nitrogen and oxygen atoms in total. The zero-order chi connectivity index (χ0) is 29.6. The first-order chi connectivity index (χ1) is 21.7. The van der Waals surface area contributed by atoms with E-state index in [1.807, 2.05) is 50.5 Å². The number of rotatable bonds is 5. The summed E-state index contributed by atoms with van der Waals surface area (Å²) in [5.41, 5.74) is 12.3. The second kappa shape index (κ2) is 10.4. The normalized spacial score (nSPS) is 11.4. The predicted octanol–water partition coefficient (Wildman–Crippen LogP) is 8.77. The molecule has 8 rings (SSSR count). The molecule has 0 fully saturated rings. The summed E-state index contributed by atoms with van der Waals surface area (Å²) in [7, 11) is 0. The molecule has 0 atom stereocenters. The Kier molecular flexibility index (Phi) is 6.12. The summed E-state index contributed by atoms with van der Waals surface area (Å²) in [5.74, 6) is 1.80. The Morgan fingerprint density at radius 1 is 0.386 bits per heavy atom. The van der Waals surface area contributed by atoms with Crippen LogP contribution in [0.4, 0.5) is 0 Å². The summed E-state index contributed by atoms with van der Waals surface area (Å²) < 4.78 is 4.31. The van der Waals surface area contributed by atoms with Gasteiger partial charge in [0.05, 0.1) is 11.4 Å². The van der Waals surface area contributed by atoms with Gasteiger partial charge in [-0.3, -0.25) is 9.13 Å². The molecule has 0 bridgehead atoms. The highest BCUT2D eigenvalue weighted by atomic mass is 15.1. The molecule has 4 aromatic heterocycles. The average molecular weight is 569 g/mol. The van der Waals surface area contributed by atoms with Crippen molar-refractivity contribution in [1.82, 2.24) is 29.1 Å². The van der Waals surface area contributed by atoms with Crippen LogP contribution in [0.3, 0.4) is 0 Å². The highest BCUT2D eigenvalue weighted by Gasteiger charge is 2.20. The van der Waals surface area contributed by atoms with Gasteiger partial charge in [0, 0.05) is 23.5 Å². The van der Waals surface area contributed by atoms with E-state index in [2.05, 4.69) is 106 Å². The fourth-order valence-corrected chi connectivity index (χ4v) is 6.33. The smallest absolute Gasteiger partial charge is 0.164 e. The van der Waals surface area contributed by atoms with Crippen molar-refractivity contribution in [3.63, 3.8) is 0 Å². The second-order valence-electron chi connectivity index (χ2n) is 10.8.